The summed E-state index contributed by atoms with van der Waals surface area (Å²) in [6.07, 6.45) is 0.900. The molecule has 3 heterocycles. The fraction of sp³-hybridized carbons (Fsp3) is 0.406. The topological polar surface area (TPSA) is 61.8 Å². The van der Waals surface area contributed by atoms with E-state index in [4.69, 9.17) is 4.74 Å². The fourth-order valence-corrected chi connectivity index (χ4v) is 6.68. The Hall–Kier alpha value is -3.15. The van der Waals surface area contributed by atoms with Crippen LogP contribution in [0.2, 0.25) is 0 Å². The molecule has 37 heavy (non-hydrogen) atoms. The minimum Gasteiger partial charge on any atom is -0.496 e. The number of carboxylic acid groups (broad SMARTS) is 1. The highest BCUT2D eigenvalue weighted by Gasteiger charge is 2.54. The van der Waals surface area contributed by atoms with Crippen molar-refractivity contribution >= 4 is 5.97 Å². The van der Waals surface area contributed by atoms with Gasteiger partial charge in [-0.2, -0.15) is 0 Å². The largest absolute Gasteiger partial charge is 0.496 e. The Labute approximate surface area is 220 Å². The zero-order valence-electron chi connectivity index (χ0n) is 22.1. The van der Waals surface area contributed by atoms with E-state index in [1.54, 1.807) is 7.11 Å². The van der Waals surface area contributed by atoms with Crippen LogP contribution in [0.3, 0.4) is 0 Å². The Bertz CT molecular complexity index is 1170. The number of hydrogen-bond donors (Lipinski definition) is 2. The van der Waals surface area contributed by atoms with Gasteiger partial charge in [0.05, 0.1) is 18.6 Å². The van der Waals surface area contributed by atoms with Gasteiger partial charge in [-0.25, -0.2) is 0 Å². The van der Waals surface area contributed by atoms with Crippen molar-refractivity contribution in [3.63, 3.8) is 0 Å². The summed E-state index contributed by atoms with van der Waals surface area (Å²) in [7, 11) is 1.72. The highest BCUT2D eigenvalue weighted by molar-refractivity contribution is 5.71. The van der Waals surface area contributed by atoms with Crippen molar-refractivity contribution in [3.05, 3.63) is 101 Å². The van der Waals surface area contributed by atoms with Crippen LogP contribution in [0.1, 0.15) is 48.4 Å². The Morgan fingerprint density at radius 2 is 1.68 bits per heavy atom. The molecule has 3 aliphatic heterocycles. The van der Waals surface area contributed by atoms with E-state index >= 15 is 0 Å². The number of nitrogens with one attached hydrogen (secondary N) is 1. The van der Waals surface area contributed by atoms with Gasteiger partial charge in [0, 0.05) is 31.1 Å². The fourth-order valence-electron chi connectivity index (χ4n) is 6.68. The number of carboxylic acids is 1. The summed E-state index contributed by atoms with van der Waals surface area (Å²) in [6.45, 7) is 7.49. The number of ether oxygens (including phenoxy) is 1. The molecule has 5 heteroatoms. The van der Waals surface area contributed by atoms with Crippen molar-refractivity contribution in [2.75, 3.05) is 26.7 Å². The number of methoxy groups -OCH3 is 1. The molecule has 0 aliphatic carbocycles. The summed E-state index contributed by atoms with van der Waals surface area (Å²) in [4.78, 5) is 14.7. The SMILES string of the molecule is COc1ccc(C(C)C)cc1CNC(c1ccccc1)(c1ccccc1)[C@@H]1CN2CC[C@@H]1[C@@H](C(=O)O)C2. The third-order valence-corrected chi connectivity index (χ3v) is 8.58. The average molecular weight is 499 g/mol. The smallest absolute Gasteiger partial charge is 0.308 e. The van der Waals surface area contributed by atoms with Crippen molar-refractivity contribution in [1.82, 2.24) is 10.2 Å². The Balaban J connectivity index is 1.65. The van der Waals surface area contributed by atoms with Gasteiger partial charge >= 0.3 is 5.97 Å². The lowest BCUT2D eigenvalue weighted by Gasteiger charge is -2.56. The first-order valence-electron chi connectivity index (χ1n) is 13.4. The minimum absolute atomic E-state index is 0.0827. The molecule has 5 nitrogen and oxygen atoms in total. The molecule has 0 radical (unpaired) electrons. The number of piperidine rings is 3. The molecular weight excluding hydrogens is 460 g/mol. The van der Waals surface area contributed by atoms with E-state index in [1.165, 1.54) is 16.7 Å². The quantitative estimate of drug-likeness (QED) is 0.408. The summed E-state index contributed by atoms with van der Waals surface area (Å²) in [5.41, 5.74) is 4.17. The van der Waals surface area contributed by atoms with E-state index in [9.17, 15) is 9.90 Å². The van der Waals surface area contributed by atoms with Crippen LogP contribution in [0.15, 0.2) is 78.9 Å². The predicted molar refractivity (Wildman–Crippen MR) is 147 cm³/mol. The van der Waals surface area contributed by atoms with E-state index in [0.29, 0.717) is 19.0 Å². The summed E-state index contributed by atoms with van der Waals surface area (Å²) >= 11 is 0. The van der Waals surface area contributed by atoms with Gasteiger partial charge in [-0.3, -0.25) is 10.1 Å². The van der Waals surface area contributed by atoms with Gasteiger partial charge in [-0.1, -0.05) is 86.6 Å². The summed E-state index contributed by atoms with van der Waals surface area (Å²) in [5.74, 6) is 0.417. The molecule has 194 valence electrons. The number of benzene rings is 3. The first-order valence-corrected chi connectivity index (χ1v) is 13.4. The number of carbonyl (C=O) groups is 1. The minimum atomic E-state index is -0.680. The molecule has 3 aliphatic rings. The maximum Gasteiger partial charge on any atom is 0.308 e. The molecule has 4 atom stereocenters. The molecule has 2 bridgehead atoms. The number of fused-ring (bicyclic) bond motifs is 3. The van der Waals surface area contributed by atoms with E-state index in [1.807, 2.05) is 12.1 Å². The van der Waals surface area contributed by atoms with Crippen molar-refractivity contribution < 1.29 is 14.6 Å². The maximum absolute atomic E-state index is 12.4. The average Bonchev–Trinajstić information content (AvgIpc) is 2.94. The summed E-state index contributed by atoms with van der Waals surface area (Å²) in [6, 6.07) is 27.6. The third kappa shape index (κ3) is 4.78. The molecule has 3 aromatic carbocycles. The second kappa shape index (κ2) is 10.7. The monoisotopic (exact) mass is 498 g/mol. The molecule has 6 rings (SSSR count). The zero-order chi connectivity index (χ0) is 26.0. The van der Waals surface area contributed by atoms with Crippen LogP contribution in [-0.2, 0) is 16.9 Å². The number of aliphatic carboxylic acids is 1. The van der Waals surface area contributed by atoms with Gasteiger partial charge in [-0.05, 0) is 47.6 Å². The van der Waals surface area contributed by atoms with E-state index < -0.39 is 11.5 Å². The van der Waals surface area contributed by atoms with E-state index in [0.717, 1.165) is 30.8 Å². The van der Waals surface area contributed by atoms with Gasteiger partial charge in [0.1, 0.15) is 5.75 Å². The summed E-state index contributed by atoms with van der Waals surface area (Å²) < 4.78 is 5.77. The number of rotatable bonds is 9. The lowest BCUT2D eigenvalue weighted by atomic mass is 9.60. The normalized spacial score (nSPS) is 23.2. The molecule has 0 saturated carbocycles. The van der Waals surface area contributed by atoms with Gasteiger partial charge < -0.3 is 14.7 Å². The molecule has 0 spiro atoms. The van der Waals surface area contributed by atoms with E-state index in [2.05, 4.69) is 90.8 Å². The van der Waals surface area contributed by atoms with Crippen LogP contribution in [0.25, 0.3) is 0 Å². The van der Waals surface area contributed by atoms with Crippen molar-refractivity contribution in [2.45, 2.75) is 38.3 Å². The molecule has 3 fully saturated rings. The Morgan fingerprint density at radius 1 is 1.03 bits per heavy atom. The highest BCUT2D eigenvalue weighted by Crippen LogP contribution is 2.49. The summed E-state index contributed by atoms with van der Waals surface area (Å²) in [5, 5.41) is 14.2. The van der Waals surface area contributed by atoms with Crippen molar-refractivity contribution in [1.29, 1.82) is 0 Å². The molecule has 0 aromatic heterocycles. The van der Waals surface area contributed by atoms with Crippen LogP contribution in [0.4, 0.5) is 0 Å². The zero-order valence-corrected chi connectivity index (χ0v) is 22.1. The second-order valence-corrected chi connectivity index (χ2v) is 10.9. The molecule has 3 aromatic rings. The maximum atomic E-state index is 12.4. The van der Waals surface area contributed by atoms with Crippen molar-refractivity contribution in [2.24, 2.45) is 17.8 Å². The van der Waals surface area contributed by atoms with Crippen molar-refractivity contribution in [3.8, 4) is 5.75 Å². The lowest BCUT2D eigenvalue weighted by Crippen LogP contribution is -2.64. The lowest BCUT2D eigenvalue weighted by molar-refractivity contribution is -0.153. The first-order chi connectivity index (χ1) is 17.9. The van der Waals surface area contributed by atoms with Gasteiger partial charge in [-0.15, -0.1) is 0 Å². The third-order valence-electron chi connectivity index (χ3n) is 8.58. The number of nitrogens with zero attached hydrogens (tertiary/aromatic N) is 1. The van der Waals surface area contributed by atoms with Gasteiger partial charge in [0.15, 0.2) is 0 Å². The predicted octanol–water partition coefficient (Wildman–Crippen LogP) is 5.50. The van der Waals surface area contributed by atoms with Crippen LogP contribution in [-0.4, -0.2) is 42.7 Å². The molecule has 1 unspecified atom stereocenters. The standard InChI is InChI=1S/C32H38N2O3/c1-22(2)23-14-15-30(37-3)24(18-23)19-33-32(25-10-6-4-7-11-25,26-12-8-5-9-13-26)29-21-34-17-16-27(29)28(20-34)31(35)36/h4-15,18,22,27-29,33H,16-17,19-21H2,1-3H3,(H,35,36)/t27-,28+,29-/m1/s1. The van der Waals surface area contributed by atoms with Crippen LogP contribution >= 0.6 is 0 Å². The van der Waals surface area contributed by atoms with Gasteiger partial charge in [0.2, 0.25) is 0 Å². The highest BCUT2D eigenvalue weighted by atomic mass is 16.5. The molecule has 0 amide bonds. The first kappa shape index (κ1) is 25.5. The van der Waals surface area contributed by atoms with Crippen LogP contribution in [0.5, 0.6) is 5.75 Å². The van der Waals surface area contributed by atoms with Crippen LogP contribution in [0, 0.1) is 17.8 Å². The molecule has 2 N–H and O–H groups in total. The second-order valence-electron chi connectivity index (χ2n) is 10.9. The van der Waals surface area contributed by atoms with Crippen LogP contribution < -0.4 is 10.1 Å². The Morgan fingerprint density at radius 3 is 2.22 bits per heavy atom. The molecule has 3 saturated heterocycles. The molecular formula is C32H38N2O3. The van der Waals surface area contributed by atoms with E-state index in [-0.39, 0.29) is 17.8 Å². The Kier molecular flexibility index (Phi) is 7.36. The van der Waals surface area contributed by atoms with Gasteiger partial charge in [0.25, 0.3) is 0 Å². The number of hydrogen-bond acceptors (Lipinski definition) is 4.